The van der Waals surface area contributed by atoms with Gasteiger partial charge in [0.05, 0.1) is 20.8 Å². The molecule has 2 fully saturated rings. The molecular weight excluding hydrogens is 586 g/mol. The highest BCUT2D eigenvalue weighted by atomic mass is 16.5. The molecule has 6 rings (SSSR count). The van der Waals surface area contributed by atoms with Gasteiger partial charge < -0.3 is 24.6 Å². The molecule has 0 aliphatic carbocycles. The Bertz CT molecular complexity index is 1530. The first-order valence-electron chi connectivity index (χ1n) is 16.3. The second-order valence-corrected chi connectivity index (χ2v) is 12.7. The third-order valence-electron chi connectivity index (χ3n) is 9.61. The lowest BCUT2D eigenvalue weighted by molar-refractivity contribution is -0.140. The van der Waals surface area contributed by atoms with Crippen LogP contribution in [0.3, 0.4) is 0 Å². The minimum Gasteiger partial charge on any atom is -0.493 e. The van der Waals surface area contributed by atoms with Crippen molar-refractivity contribution in [1.82, 2.24) is 35.3 Å². The van der Waals surface area contributed by atoms with E-state index in [-0.39, 0.29) is 35.6 Å². The third kappa shape index (κ3) is 7.16. The molecule has 3 aromatic rings. The van der Waals surface area contributed by atoms with Crippen molar-refractivity contribution in [3.05, 3.63) is 65.0 Å². The van der Waals surface area contributed by atoms with E-state index in [1.807, 2.05) is 35.2 Å². The number of carbonyl (C=O) groups is 3. The van der Waals surface area contributed by atoms with Crippen LogP contribution in [0.1, 0.15) is 65.6 Å². The zero-order valence-corrected chi connectivity index (χ0v) is 26.7. The van der Waals surface area contributed by atoms with Crippen molar-refractivity contribution < 1.29 is 23.9 Å². The molecule has 2 aromatic carbocycles. The molecule has 0 spiro atoms. The number of tetrazole rings is 1. The van der Waals surface area contributed by atoms with E-state index in [1.54, 1.807) is 25.2 Å². The van der Waals surface area contributed by atoms with Gasteiger partial charge in [0.25, 0.3) is 5.91 Å². The van der Waals surface area contributed by atoms with E-state index in [9.17, 15) is 14.4 Å². The summed E-state index contributed by atoms with van der Waals surface area (Å²) >= 11 is 0. The van der Waals surface area contributed by atoms with E-state index in [0.717, 1.165) is 42.4 Å². The average Bonchev–Trinajstić information content (AvgIpc) is 3.58. The van der Waals surface area contributed by atoms with Crippen molar-refractivity contribution in [1.29, 1.82) is 0 Å². The van der Waals surface area contributed by atoms with Gasteiger partial charge in [-0.05, 0) is 95.7 Å². The Morgan fingerprint density at radius 2 is 1.83 bits per heavy atom. The summed E-state index contributed by atoms with van der Waals surface area (Å²) in [4.78, 5) is 44.3. The highest BCUT2D eigenvalue weighted by molar-refractivity contribution is 5.94. The molecule has 0 radical (unpaired) electrons. The number of methoxy groups -OCH3 is 2. The minimum atomic E-state index is -0.0142. The zero-order valence-electron chi connectivity index (χ0n) is 26.7. The van der Waals surface area contributed by atoms with Crippen LogP contribution in [0.4, 0.5) is 0 Å². The lowest BCUT2D eigenvalue weighted by Crippen LogP contribution is -2.60. The van der Waals surface area contributed by atoms with Crippen LogP contribution in [0.25, 0.3) is 0 Å². The first kappa shape index (κ1) is 31.5. The van der Waals surface area contributed by atoms with Crippen LogP contribution in [0, 0.1) is 11.8 Å². The number of nitrogens with zero attached hydrogens (tertiary/aromatic N) is 6. The average molecular weight is 630 g/mol. The van der Waals surface area contributed by atoms with Crippen molar-refractivity contribution in [3.63, 3.8) is 0 Å². The molecule has 0 unspecified atom stereocenters. The van der Waals surface area contributed by atoms with Crippen LogP contribution >= 0.6 is 0 Å². The van der Waals surface area contributed by atoms with Gasteiger partial charge in [0.2, 0.25) is 11.8 Å². The van der Waals surface area contributed by atoms with E-state index in [4.69, 9.17) is 9.47 Å². The number of rotatable bonds is 5. The van der Waals surface area contributed by atoms with Crippen LogP contribution < -0.4 is 14.8 Å². The molecule has 0 saturated carbocycles. The van der Waals surface area contributed by atoms with Gasteiger partial charge in [-0.15, -0.1) is 5.10 Å². The SMILES string of the molecule is COc1cc2cc(c1OC)CCCNC(=O)CCC[C@H]1[C@H]3C[C@@H](CN(C(=O)c4ccc(Cn5cnnn5)cc4)C3)CN1C(=O)CC2. The van der Waals surface area contributed by atoms with Gasteiger partial charge in [-0.2, -0.15) is 0 Å². The number of aromatic nitrogens is 4. The molecule has 12 nitrogen and oxygen atoms in total. The minimum absolute atomic E-state index is 0.0142. The number of nitrogens with one attached hydrogen (secondary N) is 1. The van der Waals surface area contributed by atoms with E-state index >= 15 is 0 Å². The molecule has 3 aliphatic rings. The van der Waals surface area contributed by atoms with Gasteiger partial charge in [0.1, 0.15) is 6.33 Å². The Morgan fingerprint density at radius 1 is 0.978 bits per heavy atom. The maximum atomic E-state index is 13.9. The smallest absolute Gasteiger partial charge is 0.253 e. The molecule has 2 saturated heterocycles. The highest BCUT2D eigenvalue weighted by Crippen LogP contribution is 2.37. The molecule has 3 amide bonds. The number of likely N-dealkylation sites (tertiary alicyclic amines) is 1. The number of aryl methyl sites for hydroxylation is 2. The van der Waals surface area contributed by atoms with Gasteiger partial charge >= 0.3 is 0 Å². The summed E-state index contributed by atoms with van der Waals surface area (Å²) in [6.07, 6.45) is 6.91. The highest BCUT2D eigenvalue weighted by Gasteiger charge is 2.43. The van der Waals surface area contributed by atoms with Crippen molar-refractivity contribution in [2.45, 2.75) is 64.0 Å². The molecule has 4 heterocycles. The maximum absolute atomic E-state index is 13.9. The number of benzene rings is 2. The fourth-order valence-electron chi connectivity index (χ4n) is 7.44. The number of hydrogen-bond acceptors (Lipinski definition) is 8. The molecule has 12 heteroatoms. The summed E-state index contributed by atoms with van der Waals surface area (Å²) in [7, 11) is 3.26. The quantitative estimate of drug-likeness (QED) is 0.456. The van der Waals surface area contributed by atoms with Gasteiger partial charge in [-0.1, -0.05) is 18.2 Å². The molecular formula is C34H43N7O5. The first-order valence-corrected chi connectivity index (χ1v) is 16.3. The molecule has 244 valence electrons. The summed E-state index contributed by atoms with van der Waals surface area (Å²) in [6, 6.07) is 11.7. The van der Waals surface area contributed by atoms with Gasteiger partial charge in [0.15, 0.2) is 11.5 Å². The number of ether oxygens (including phenoxy) is 2. The summed E-state index contributed by atoms with van der Waals surface area (Å²) in [5.74, 6) is 1.91. The van der Waals surface area contributed by atoms with Gasteiger partial charge in [-0.25, -0.2) is 4.68 Å². The van der Waals surface area contributed by atoms with Crippen LogP contribution in [-0.4, -0.2) is 94.2 Å². The summed E-state index contributed by atoms with van der Waals surface area (Å²) in [5.41, 5.74) is 3.71. The van der Waals surface area contributed by atoms with Gasteiger partial charge in [-0.3, -0.25) is 14.4 Å². The topological polar surface area (TPSA) is 132 Å². The third-order valence-corrected chi connectivity index (χ3v) is 9.61. The maximum Gasteiger partial charge on any atom is 0.253 e. The molecule has 1 aromatic heterocycles. The van der Waals surface area contributed by atoms with E-state index < -0.39 is 0 Å². The Hall–Kier alpha value is -4.48. The van der Waals surface area contributed by atoms with Crippen molar-refractivity contribution >= 4 is 17.7 Å². The lowest BCUT2D eigenvalue weighted by Gasteiger charge is -2.51. The van der Waals surface area contributed by atoms with Crippen molar-refractivity contribution in [2.75, 3.05) is 40.4 Å². The fourth-order valence-corrected chi connectivity index (χ4v) is 7.44. The fraction of sp³-hybridized carbons (Fsp3) is 0.529. The summed E-state index contributed by atoms with van der Waals surface area (Å²) in [6.45, 7) is 2.97. The monoisotopic (exact) mass is 629 g/mol. The van der Waals surface area contributed by atoms with Crippen molar-refractivity contribution in [3.8, 4) is 11.5 Å². The first-order chi connectivity index (χ1) is 22.4. The van der Waals surface area contributed by atoms with Crippen LogP contribution in [0.2, 0.25) is 0 Å². The molecule has 4 bridgehead atoms. The number of amides is 3. The number of fused-ring (bicyclic) bond motifs is 6. The number of hydrogen-bond donors (Lipinski definition) is 1. The largest absolute Gasteiger partial charge is 0.493 e. The zero-order chi connectivity index (χ0) is 32.0. The Balaban J connectivity index is 1.18. The predicted molar refractivity (Wildman–Crippen MR) is 169 cm³/mol. The van der Waals surface area contributed by atoms with E-state index in [2.05, 4.69) is 31.8 Å². The number of carbonyl (C=O) groups excluding carboxylic acids is 3. The normalized spacial score (nSPS) is 22.5. The van der Waals surface area contributed by atoms with E-state index in [0.29, 0.717) is 75.5 Å². The predicted octanol–water partition coefficient (Wildman–Crippen LogP) is 2.89. The second kappa shape index (κ2) is 14.3. The summed E-state index contributed by atoms with van der Waals surface area (Å²) < 4.78 is 12.9. The standard InChI is InChI=1S/C34H43N7O5/c1-45-30-17-24-10-13-32(43)41-20-25-16-28(29(41)6-3-7-31(42)35-14-4-5-27(15-24)33(30)46-2)21-39(18-25)34(44)26-11-8-23(9-12-26)19-40-22-36-37-38-40/h8-9,11-12,15,17,22,25,28-29H,3-7,10,13-14,16,18-21H2,1-2H3,(H,35,42)/t25-,28-,29-/m0/s1. The van der Waals surface area contributed by atoms with E-state index in [1.165, 1.54) is 0 Å². The van der Waals surface area contributed by atoms with Crippen molar-refractivity contribution in [2.24, 2.45) is 11.8 Å². The van der Waals surface area contributed by atoms with Crippen LogP contribution in [0.5, 0.6) is 11.5 Å². The molecule has 3 aliphatic heterocycles. The Morgan fingerprint density at radius 3 is 2.59 bits per heavy atom. The second-order valence-electron chi connectivity index (χ2n) is 12.7. The summed E-state index contributed by atoms with van der Waals surface area (Å²) in [5, 5.41) is 14.3. The molecule has 3 atom stereocenters. The Labute approximate surface area is 269 Å². The molecule has 46 heavy (non-hydrogen) atoms. The van der Waals surface area contributed by atoms with Crippen LogP contribution in [0.15, 0.2) is 42.7 Å². The Kier molecular flexibility index (Phi) is 9.79. The molecule has 1 N–H and O–H groups in total. The van der Waals surface area contributed by atoms with Gasteiger partial charge in [0, 0.05) is 50.6 Å². The lowest BCUT2D eigenvalue weighted by atomic mass is 9.77. The number of piperidine rings is 2. The van der Waals surface area contributed by atoms with Crippen LogP contribution in [-0.2, 0) is 29.0 Å².